The molecule has 1 rings (SSSR count). The van der Waals surface area contributed by atoms with Crippen LogP contribution in [0.2, 0.25) is 0 Å². The molecule has 0 aliphatic carbocycles. The smallest absolute Gasteiger partial charge is 0.328 e. The lowest BCUT2D eigenvalue weighted by atomic mass is 10.1. The van der Waals surface area contributed by atoms with Gasteiger partial charge in [-0.05, 0) is 26.0 Å². The molecule has 1 aromatic carbocycles. The molecule has 0 saturated heterocycles. The van der Waals surface area contributed by atoms with Crippen LogP contribution < -0.4 is 14.8 Å². The maximum atomic E-state index is 11.0. The first-order chi connectivity index (χ1) is 7.90. The Balaban J connectivity index is 2.97. The number of benzene rings is 1. The summed E-state index contributed by atoms with van der Waals surface area (Å²) in [5, 5.41) is 11.9. The van der Waals surface area contributed by atoms with Crippen molar-refractivity contribution in [3.05, 3.63) is 18.2 Å². The number of methoxy groups -OCH3 is 2. The second-order valence-corrected chi connectivity index (χ2v) is 4.12. The number of carboxylic acid groups (broad SMARTS) is 1. The first-order valence-electron chi connectivity index (χ1n) is 5.14. The fourth-order valence-electron chi connectivity index (χ4n) is 1.33. The van der Waals surface area contributed by atoms with Crippen molar-refractivity contribution < 1.29 is 19.4 Å². The van der Waals surface area contributed by atoms with Crippen LogP contribution in [0.15, 0.2) is 18.2 Å². The van der Waals surface area contributed by atoms with E-state index in [4.69, 9.17) is 14.6 Å². The number of ether oxygens (including phenoxy) is 2. The molecular formula is C12H17NO4. The van der Waals surface area contributed by atoms with Crippen LogP contribution in [0.25, 0.3) is 0 Å². The average molecular weight is 239 g/mol. The summed E-state index contributed by atoms with van der Waals surface area (Å²) in [4.78, 5) is 11.0. The molecular weight excluding hydrogens is 222 g/mol. The maximum Gasteiger partial charge on any atom is 0.328 e. The van der Waals surface area contributed by atoms with E-state index in [1.165, 1.54) is 7.11 Å². The Labute approximate surface area is 100 Å². The van der Waals surface area contributed by atoms with Gasteiger partial charge >= 0.3 is 5.97 Å². The van der Waals surface area contributed by atoms with Gasteiger partial charge in [-0.15, -0.1) is 0 Å². The van der Waals surface area contributed by atoms with Crippen molar-refractivity contribution in [3.63, 3.8) is 0 Å². The largest absolute Gasteiger partial charge is 0.493 e. The Morgan fingerprint density at radius 1 is 1.24 bits per heavy atom. The zero-order valence-electron chi connectivity index (χ0n) is 10.4. The number of aliphatic carboxylic acids is 1. The number of hydrogen-bond donors (Lipinski definition) is 2. The lowest BCUT2D eigenvalue weighted by Crippen LogP contribution is -2.39. The quantitative estimate of drug-likeness (QED) is 0.822. The van der Waals surface area contributed by atoms with Crippen molar-refractivity contribution in [3.8, 4) is 11.5 Å². The minimum Gasteiger partial charge on any atom is -0.493 e. The van der Waals surface area contributed by atoms with Crippen LogP contribution in [0, 0.1) is 0 Å². The molecule has 0 spiro atoms. The molecule has 94 valence electrons. The van der Waals surface area contributed by atoms with E-state index in [9.17, 15) is 4.79 Å². The fraction of sp³-hybridized carbons (Fsp3) is 0.417. The average Bonchev–Trinajstić information content (AvgIpc) is 2.28. The molecule has 17 heavy (non-hydrogen) atoms. The van der Waals surface area contributed by atoms with Crippen molar-refractivity contribution in [2.24, 2.45) is 0 Å². The number of rotatable bonds is 5. The minimum atomic E-state index is -1.04. The van der Waals surface area contributed by atoms with E-state index >= 15 is 0 Å². The second kappa shape index (κ2) is 4.95. The summed E-state index contributed by atoms with van der Waals surface area (Å²) in [6, 6.07) is 5.16. The monoisotopic (exact) mass is 239 g/mol. The number of hydrogen-bond acceptors (Lipinski definition) is 4. The molecule has 0 aromatic heterocycles. The van der Waals surface area contributed by atoms with E-state index in [1.807, 2.05) is 0 Å². The Bertz CT molecular complexity index is 415. The van der Waals surface area contributed by atoms with Gasteiger partial charge in [-0.25, -0.2) is 4.79 Å². The van der Waals surface area contributed by atoms with E-state index in [2.05, 4.69) is 5.32 Å². The predicted molar refractivity (Wildman–Crippen MR) is 64.9 cm³/mol. The van der Waals surface area contributed by atoms with Crippen LogP contribution in [-0.2, 0) is 4.79 Å². The molecule has 0 saturated carbocycles. The maximum absolute atomic E-state index is 11.0. The van der Waals surface area contributed by atoms with Gasteiger partial charge in [0.2, 0.25) is 0 Å². The molecule has 0 atom stereocenters. The molecule has 5 heteroatoms. The van der Waals surface area contributed by atoms with Gasteiger partial charge in [0.25, 0.3) is 0 Å². The van der Waals surface area contributed by atoms with Gasteiger partial charge in [0.1, 0.15) is 5.54 Å². The molecule has 0 radical (unpaired) electrons. The SMILES string of the molecule is COc1ccc(NC(C)(C)C(=O)O)cc1OC. The lowest BCUT2D eigenvalue weighted by Gasteiger charge is -2.23. The third-order valence-electron chi connectivity index (χ3n) is 2.38. The zero-order valence-corrected chi connectivity index (χ0v) is 10.4. The summed E-state index contributed by atoms with van der Waals surface area (Å²) in [5.41, 5.74) is -0.380. The molecule has 0 aliphatic heterocycles. The molecule has 1 aromatic rings. The molecule has 5 nitrogen and oxygen atoms in total. The van der Waals surface area contributed by atoms with Crippen LogP contribution in [-0.4, -0.2) is 30.8 Å². The summed E-state index contributed by atoms with van der Waals surface area (Å²) < 4.78 is 10.2. The molecule has 0 fully saturated rings. The molecule has 0 bridgehead atoms. The number of carbonyl (C=O) groups is 1. The highest BCUT2D eigenvalue weighted by atomic mass is 16.5. The third-order valence-corrected chi connectivity index (χ3v) is 2.38. The summed E-state index contributed by atoms with van der Waals surface area (Å²) in [7, 11) is 3.08. The van der Waals surface area contributed by atoms with E-state index in [0.29, 0.717) is 17.2 Å². The summed E-state index contributed by atoms with van der Waals surface area (Å²) in [5.74, 6) is 0.233. The highest BCUT2D eigenvalue weighted by Crippen LogP contribution is 2.30. The highest BCUT2D eigenvalue weighted by Gasteiger charge is 2.26. The van der Waals surface area contributed by atoms with Crippen molar-refractivity contribution in [1.82, 2.24) is 0 Å². The first kappa shape index (κ1) is 13.2. The molecule has 0 amide bonds. The third kappa shape index (κ3) is 3.03. The van der Waals surface area contributed by atoms with Gasteiger partial charge in [-0.1, -0.05) is 0 Å². The van der Waals surface area contributed by atoms with Crippen LogP contribution in [0.1, 0.15) is 13.8 Å². The first-order valence-corrected chi connectivity index (χ1v) is 5.14. The van der Waals surface area contributed by atoms with E-state index in [0.717, 1.165) is 0 Å². The van der Waals surface area contributed by atoms with Crippen LogP contribution >= 0.6 is 0 Å². The van der Waals surface area contributed by atoms with Gasteiger partial charge in [-0.3, -0.25) is 0 Å². The van der Waals surface area contributed by atoms with Crippen molar-refractivity contribution in [2.45, 2.75) is 19.4 Å². The summed E-state index contributed by atoms with van der Waals surface area (Å²) in [6.07, 6.45) is 0. The Morgan fingerprint density at radius 2 is 1.82 bits per heavy atom. The number of carboxylic acids is 1. The zero-order chi connectivity index (χ0) is 13.1. The van der Waals surface area contributed by atoms with Gasteiger partial charge < -0.3 is 19.9 Å². The Morgan fingerprint density at radius 3 is 2.29 bits per heavy atom. The van der Waals surface area contributed by atoms with Crippen LogP contribution in [0.3, 0.4) is 0 Å². The highest BCUT2D eigenvalue weighted by molar-refractivity contribution is 5.81. The van der Waals surface area contributed by atoms with Crippen LogP contribution in [0.5, 0.6) is 11.5 Å². The van der Waals surface area contributed by atoms with E-state index in [-0.39, 0.29) is 0 Å². The van der Waals surface area contributed by atoms with Gasteiger partial charge in [0.15, 0.2) is 11.5 Å². The van der Waals surface area contributed by atoms with Gasteiger partial charge in [-0.2, -0.15) is 0 Å². The van der Waals surface area contributed by atoms with E-state index < -0.39 is 11.5 Å². The van der Waals surface area contributed by atoms with Crippen molar-refractivity contribution >= 4 is 11.7 Å². The van der Waals surface area contributed by atoms with E-state index in [1.54, 1.807) is 39.2 Å². The Hall–Kier alpha value is -1.91. The molecule has 0 heterocycles. The fourth-order valence-corrected chi connectivity index (χ4v) is 1.33. The summed E-state index contributed by atoms with van der Waals surface area (Å²) >= 11 is 0. The topological polar surface area (TPSA) is 67.8 Å². The van der Waals surface area contributed by atoms with Crippen molar-refractivity contribution in [2.75, 3.05) is 19.5 Å². The molecule has 0 unspecified atom stereocenters. The molecule has 0 aliphatic rings. The van der Waals surface area contributed by atoms with Crippen molar-refractivity contribution in [1.29, 1.82) is 0 Å². The standard InChI is InChI=1S/C12H17NO4/c1-12(2,11(14)15)13-8-5-6-9(16-3)10(7-8)17-4/h5-7,13H,1-4H3,(H,14,15). The Kier molecular flexibility index (Phi) is 3.83. The van der Waals surface area contributed by atoms with Gasteiger partial charge in [0.05, 0.1) is 14.2 Å². The lowest BCUT2D eigenvalue weighted by molar-refractivity contribution is -0.141. The molecule has 2 N–H and O–H groups in total. The number of nitrogens with one attached hydrogen (secondary N) is 1. The van der Waals surface area contributed by atoms with Gasteiger partial charge in [0, 0.05) is 11.8 Å². The minimum absolute atomic E-state index is 0.554. The summed E-state index contributed by atoms with van der Waals surface area (Å²) in [6.45, 7) is 3.18. The predicted octanol–water partition coefficient (Wildman–Crippen LogP) is 1.98. The second-order valence-electron chi connectivity index (χ2n) is 4.12. The van der Waals surface area contributed by atoms with Crippen LogP contribution in [0.4, 0.5) is 5.69 Å². The number of anilines is 1. The normalized spacial score (nSPS) is 10.8.